The Bertz CT molecular complexity index is 727. The van der Waals surface area contributed by atoms with E-state index in [9.17, 15) is 9.59 Å². The molecule has 1 fully saturated rings. The number of benzene rings is 1. The summed E-state index contributed by atoms with van der Waals surface area (Å²) in [5, 5.41) is 3.07. The van der Waals surface area contributed by atoms with Crippen molar-refractivity contribution in [2.75, 3.05) is 13.1 Å². The summed E-state index contributed by atoms with van der Waals surface area (Å²) in [5.41, 5.74) is 1.14. The number of nitrogens with zero attached hydrogens (tertiary/aromatic N) is 2. The quantitative estimate of drug-likeness (QED) is 0.909. The molecule has 2 aromatic rings. The first-order chi connectivity index (χ1) is 11.7. The molecule has 1 saturated heterocycles. The molecule has 1 amide bonds. The molecule has 2 heterocycles. The van der Waals surface area contributed by atoms with E-state index in [1.54, 1.807) is 18.3 Å². The van der Waals surface area contributed by atoms with Crippen molar-refractivity contribution >= 4 is 5.91 Å². The van der Waals surface area contributed by atoms with Crippen molar-refractivity contribution in [1.29, 1.82) is 0 Å². The fourth-order valence-electron chi connectivity index (χ4n) is 3.18. The first-order valence-electron chi connectivity index (χ1n) is 8.42. The lowest BCUT2D eigenvalue weighted by molar-refractivity contribution is -0.122. The summed E-state index contributed by atoms with van der Waals surface area (Å²) in [6.45, 7) is 2.89. The highest BCUT2D eigenvalue weighted by Crippen LogP contribution is 2.13. The van der Waals surface area contributed by atoms with Gasteiger partial charge in [-0.1, -0.05) is 36.4 Å². The molecule has 1 aliphatic rings. The summed E-state index contributed by atoms with van der Waals surface area (Å²) >= 11 is 0. The Morgan fingerprint density at radius 2 is 1.92 bits per heavy atom. The second-order valence-corrected chi connectivity index (χ2v) is 6.29. The Kier molecular flexibility index (Phi) is 5.43. The van der Waals surface area contributed by atoms with Gasteiger partial charge in [-0.05, 0) is 31.0 Å². The van der Waals surface area contributed by atoms with Gasteiger partial charge in [0.05, 0.1) is 0 Å². The molecule has 0 aliphatic carbocycles. The molecule has 1 aliphatic heterocycles. The van der Waals surface area contributed by atoms with E-state index in [1.165, 1.54) is 16.2 Å². The van der Waals surface area contributed by atoms with Crippen molar-refractivity contribution in [2.24, 2.45) is 0 Å². The molecular formula is C19H23N3O2. The maximum Gasteiger partial charge on any atom is 0.250 e. The number of hydrogen-bond donors (Lipinski definition) is 1. The zero-order chi connectivity index (χ0) is 16.8. The number of carbonyl (C=O) groups excluding carboxylic acids is 1. The lowest BCUT2D eigenvalue weighted by Crippen LogP contribution is -2.48. The molecule has 0 bridgehead atoms. The Labute approximate surface area is 141 Å². The first kappa shape index (κ1) is 16.5. The van der Waals surface area contributed by atoms with Crippen molar-refractivity contribution in [3.05, 3.63) is 70.6 Å². The van der Waals surface area contributed by atoms with Gasteiger partial charge >= 0.3 is 0 Å². The van der Waals surface area contributed by atoms with Gasteiger partial charge in [0.1, 0.15) is 6.54 Å². The highest BCUT2D eigenvalue weighted by Gasteiger charge is 2.21. The third-order valence-electron chi connectivity index (χ3n) is 4.33. The van der Waals surface area contributed by atoms with Crippen LogP contribution in [0.3, 0.4) is 0 Å². The Balaban J connectivity index is 1.52. The van der Waals surface area contributed by atoms with Gasteiger partial charge < -0.3 is 9.88 Å². The third-order valence-corrected chi connectivity index (χ3v) is 4.33. The molecule has 3 rings (SSSR count). The maximum atomic E-state index is 12.2. The minimum absolute atomic E-state index is 0.0782. The van der Waals surface area contributed by atoms with Crippen LogP contribution in [0.2, 0.25) is 0 Å². The van der Waals surface area contributed by atoms with E-state index in [0.717, 1.165) is 32.5 Å². The normalized spacial score (nSPS) is 18.2. The highest BCUT2D eigenvalue weighted by molar-refractivity contribution is 5.76. The number of nitrogens with one attached hydrogen (secondary N) is 1. The zero-order valence-corrected chi connectivity index (χ0v) is 13.7. The van der Waals surface area contributed by atoms with E-state index in [1.807, 2.05) is 6.07 Å². The monoisotopic (exact) mass is 325 g/mol. The predicted molar refractivity (Wildman–Crippen MR) is 93.6 cm³/mol. The van der Waals surface area contributed by atoms with Crippen molar-refractivity contribution in [3.8, 4) is 0 Å². The topological polar surface area (TPSA) is 54.3 Å². The van der Waals surface area contributed by atoms with Gasteiger partial charge in [0, 0.05) is 31.4 Å². The molecule has 0 unspecified atom stereocenters. The fourth-order valence-corrected chi connectivity index (χ4v) is 3.18. The van der Waals surface area contributed by atoms with Gasteiger partial charge in [0.15, 0.2) is 0 Å². The van der Waals surface area contributed by atoms with Crippen LogP contribution in [0, 0.1) is 0 Å². The van der Waals surface area contributed by atoms with Gasteiger partial charge in [-0.25, -0.2) is 0 Å². The molecule has 1 aromatic heterocycles. The van der Waals surface area contributed by atoms with E-state index in [2.05, 4.69) is 34.5 Å². The highest BCUT2D eigenvalue weighted by atomic mass is 16.2. The van der Waals surface area contributed by atoms with E-state index < -0.39 is 0 Å². The van der Waals surface area contributed by atoms with Gasteiger partial charge in [-0.2, -0.15) is 0 Å². The molecule has 126 valence electrons. The van der Waals surface area contributed by atoms with Crippen LogP contribution in [-0.4, -0.2) is 34.5 Å². The van der Waals surface area contributed by atoms with Crippen molar-refractivity contribution in [2.45, 2.75) is 32.0 Å². The van der Waals surface area contributed by atoms with Crippen molar-refractivity contribution in [3.63, 3.8) is 0 Å². The SMILES string of the molecule is O=C(Cn1ccccc1=O)N[C@H]1CCCN(Cc2ccccc2)C1. The second kappa shape index (κ2) is 7.93. The van der Waals surface area contributed by atoms with Crippen molar-refractivity contribution in [1.82, 2.24) is 14.8 Å². The van der Waals surface area contributed by atoms with Crippen LogP contribution in [0.4, 0.5) is 0 Å². The van der Waals surface area contributed by atoms with E-state index >= 15 is 0 Å². The van der Waals surface area contributed by atoms with Crippen molar-refractivity contribution < 1.29 is 4.79 Å². The summed E-state index contributed by atoms with van der Waals surface area (Å²) in [6.07, 6.45) is 3.70. The van der Waals surface area contributed by atoms with Crippen LogP contribution >= 0.6 is 0 Å². The second-order valence-electron chi connectivity index (χ2n) is 6.29. The Hall–Kier alpha value is -2.40. The summed E-state index contributed by atoms with van der Waals surface area (Å²) in [4.78, 5) is 26.3. The summed E-state index contributed by atoms with van der Waals surface area (Å²) < 4.78 is 1.43. The molecule has 5 nitrogen and oxygen atoms in total. The predicted octanol–water partition coefficient (Wildman–Crippen LogP) is 1.63. The van der Waals surface area contributed by atoms with E-state index in [4.69, 9.17) is 0 Å². The number of pyridine rings is 1. The number of likely N-dealkylation sites (tertiary alicyclic amines) is 1. The maximum absolute atomic E-state index is 12.2. The van der Waals surface area contributed by atoms with Gasteiger partial charge in [0.2, 0.25) is 5.91 Å². The minimum atomic E-state index is -0.151. The van der Waals surface area contributed by atoms with Crippen LogP contribution in [-0.2, 0) is 17.9 Å². The van der Waals surface area contributed by atoms with E-state index in [-0.39, 0.29) is 24.1 Å². The van der Waals surface area contributed by atoms with Crippen LogP contribution in [0.5, 0.6) is 0 Å². The number of rotatable bonds is 5. The number of amides is 1. The average molecular weight is 325 g/mol. The standard InChI is InChI=1S/C19H23N3O2/c23-18(15-22-12-5-4-10-19(22)24)20-17-9-6-11-21(14-17)13-16-7-2-1-3-8-16/h1-5,7-8,10,12,17H,6,9,11,13-15H2,(H,20,23)/t17-/m0/s1. The van der Waals surface area contributed by atoms with Crippen LogP contribution in [0.15, 0.2) is 59.5 Å². The van der Waals surface area contributed by atoms with Gasteiger partial charge in [0.25, 0.3) is 5.56 Å². The smallest absolute Gasteiger partial charge is 0.250 e. The average Bonchev–Trinajstić information content (AvgIpc) is 2.58. The van der Waals surface area contributed by atoms with Crippen LogP contribution in [0.1, 0.15) is 18.4 Å². The number of hydrogen-bond acceptors (Lipinski definition) is 3. The Morgan fingerprint density at radius 3 is 2.71 bits per heavy atom. The number of piperidine rings is 1. The lowest BCUT2D eigenvalue weighted by atomic mass is 10.0. The minimum Gasteiger partial charge on any atom is -0.351 e. The van der Waals surface area contributed by atoms with E-state index in [0.29, 0.717) is 0 Å². The molecule has 1 aromatic carbocycles. The number of carbonyl (C=O) groups is 1. The molecule has 5 heteroatoms. The summed E-state index contributed by atoms with van der Waals surface area (Å²) in [5.74, 6) is -0.102. The molecule has 1 N–H and O–H groups in total. The zero-order valence-electron chi connectivity index (χ0n) is 13.7. The van der Waals surface area contributed by atoms with Gasteiger partial charge in [-0.15, -0.1) is 0 Å². The first-order valence-corrected chi connectivity index (χ1v) is 8.42. The fraction of sp³-hybridized carbons (Fsp3) is 0.368. The largest absolute Gasteiger partial charge is 0.351 e. The lowest BCUT2D eigenvalue weighted by Gasteiger charge is -2.33. The molecular weight excluding hydrogens is 302 g/mol. The van der Waals surface area contributed by atoms with Gasteiger partial charge in [-0.3, -0.25) is 14.5 Å². The molecule has 0 radical (unpaired) electrons. The number of aromatic nitrogens is 1. The van der Waals surface area contributed by atoms with Crippen LogP contribution < -0.4 is 10.9 Å². The molecule has 0 spiro atoms. The molecule has 24 heavy (non-hydrogen) atoms. The molecule has 0 saturated carbocycles. The van der Waals surface area contributed by atoms with Crippen LogP contribution in [0.25, 0.3) is 0 Å². The molecule has 1 atom stereocenters. The summed E-state index contributed by atoms with van der Waals surface area (Å²) in [6, 6.07) is 15.4. The Morgan fingerprint density at radius 1 is 1.12 bits per heavy atom. The third kappa shape index (κ3) is 4.55. The summed E-state index contributed by atoms with van der Waals surface area (Å²) in [7, 11) is 0.